The summed E-state index contributed by atoms with van der Waals surface area (Å²) < 4.78 is 13.1. The predicted octanol–water partition coefficient (Wildman–Crippen LogP) is 5.15. The molecular formula is C21H12ClFN4O. The minimum atomic E-state index is -0.414. The highest BCUT2D eigenvalue weighted by Gasteiger charge is 2.16. The van der Waals surface area contributed by atoms with Crippen molar-refractivity contribution in [1.29, 1.82) is 5.26 Å². The quantitative estimate of drug-likeness (QED) is 0.507. The van der Waals surface area contributed by atoms with Crippen LogP contribution in [0, 0.1) is 17.1 Å². The van der Waals surface area contributed by atoms with E-state index < -0.39 is 5.91 Å². The predicted molar refractivity (Wildman–Crippen MR) is 106 cm³/mol. The highest BCUT2D eigenvalue weighted by molar-refractivity contribution is 6.32. The van der Waals surface area contributed by atoms with Crippen molar-refractivity contribution in [1.82, 2.24) is 9.97 Å². The second-order valence-electron chi connectivity index (χ2n) is 6.09. The Morgan fingerprint density at radius 3 is 2.68 bits per heavy atom. The topological polar surface area (TPSA) is 81.6 Å². The van der Waals surface area contributed by atoms with Gasteiger partial charge in [0.15, 0.2) is 0 Å². The minimum Gasteiger partial charge on any atom is -0.338 e. The van der Waals surface area contributed by atoms with E-state index in [0.29, 0.717) is 33.1 Å². The number of nitrogens with zero attached hydrogens (tertiary/aromatic N) is 2. The molecule has 0 saturated heterocycles. The highest BCUT2D eigenvalue weighted by atomic mass is 35.5. The van der Waals surface area contributed by atoms with E-state index in [1.165, 1.54) is 30.3 Å². The van der Waals surface area contributed by atoms with E-state index in [4.69, 9.17) is 16.9 Å². The number of imidazole rings is 1. The molecule has 0 bridgehead atoms. The largest absolute Gasteiger partial charge is 0.338 e. The van der Waals surface area contributed by atoms with Crippen LogP contribution in [0.3, 0.4) is 0 Å². The molecule has 7 heteroatoms. The van der Waals surface area contributed by atoms with E-state index in [1.807, 2.05) is 6.07 Å². The number of rotatable bonds is 3. The minimum absolute atomic E-state index is 0.283. The van der Waals surface area contributed by atoms with Crippen molar-refractivity contribution < 1.29 is 9.18 Å². The van der Waals surface area contributed by atoms with Crippen molar-refractivity contribution in [2.45, 2.75) is 0 Å². The molecule has 0 aliphatic heterocycles. The zero-order valence-corrected chi connectivity index (χ0v) is 15.1. The van der Waals surface area contributed by atoms with Crippen molar-refractivity contribution in [3.63, 3.8) is 0 Å². The lowest BCUT2D eigenvalue weighted by Crippen LogP contribution is -2.12. The Morgan fingerprint density at radius 2 is 1.93 bits per heavy atom. The second kappa shape index (κ2) is 7.14. The first-order valence-electron chi connectivity index (χ1n) is 8.30. The summed E-state index contributed by atoms with van der Waals surface area (Å²) in [6.07, 6.45) is 0. The molecule has 0 atom stereocenters. The fourth-order valence-electron chi connectivity index (χ4n) is 2.86. The van der Waals surface area contributed by atoms with Gasteiger partial charge < -0.3 is 10.3 Å². The molecule has 5 nitrogen and oxygen atoms in total. The van der Waals surface area contributed by atoms with Gasteiger partial charge in [-0.1, -0.05) is 23.7 Å². The van der Waals surface area contributed by atoms with Crippen molar-refractivity contribution in [2.24, 2.45) is 0 Å². The fraction of sp³-hybridized carbons (Fsp3) is 0. The smallest absolute Gasteiger partial charge is 0.257 e. The number of nitriles is 1. The van der Waals surface area contributed by atoms with Gasteiger partial charge in [0.05, 0.1) is 22.7 Å². The zero-order chi connectivity index (χ0) is 19.7. The van der Waals surface area contributed by atoms with Crippen molar-refractivity contribution in [2.75, 3.05) is 5.32 Å². The van der Waals surface area contributed by atoms with E-state index in [0.717, 1.165) is 5.56 Å². The summed E-state index contributed by atoms with van der Waals surface area (Å²) in [5.41, 5.74) is 3.00. The summed E-state index contributed by atoms with van der Waals surface area (Å²) >= 11 is 6.17. The third-order valence-electron chi connectivity index (χ3n) is 4.16. The Labute approximate surface area is 164 Å². The van der Waals surface area contributed by atoms with Crippen LogP contribution in [0.2, 0.25) is 5.02 Å². The van der Waals surface area contributed by atoms with Crippen LogP contribution in [-0.4, -0.2) is 15.9 Å². The number of hydrogen-bond acceptors (Lipinski definition) is 3. The lowest BCUT2D eigenvalue weighted by molar-refractivity contribution is 0.102. The maximum Gasteiger partial charge on any atom is 0.257 e. The molecule has 4 rings (SSSR count). The van der Waals surface area contributed by atoms with E-state index in [2.05, 4.69) is 21.4 Å². The highest BCUT2D eigenvalue weighted by Crippen LogP contribution is 2.27. The summed E-state index contributed by atoms with van der Waals surface area (Å²) in [4.78, 5) is 20.4. The number of aromatic nitrogens is 2. The molecular weight excluding hydrogens is 379 g/mol. The molecule has 0 aliphatic carbocycles. The Kier molecular flexibility index (Phi) is 4.52. The molecule has 1 amide bonds. The maximum absolute atomic E-state index is 13.1. The Hall–Kier alpha value is -3.69. The number of anilines is 1. The third-order valence-corrected chi connectivity index (χ3v) is 4.38. The van der Waals surface area contributed by atoms with E-state index >= 15 is 0 Å². The number of fused-ring (bicyclic) bond motifs is 1. The lowest BCUT2D eigenvalue weighted by Gasteiger charge is -2.06. The molecule has 0 aliphatic rings. The van der Waals surface area contributed by atoms with Crippen LogP contribution in [0.5, 0.6) is 0 Å². The molecule has 4 aromatic rings. The van der Waals surface area contributed by atoms with Gasteiger partial charge in [0.2, 0.25) is 0 Å². The number of aromatic amines is 1. The molecule has 0 unspecified atom stereocenters. The SMILES string of the molecule is N#Cc1cccc(-c2nc3c(C(=O)Nc4ccc(F)cc4)cc(Cl)cc3[nH]2)c1. The molecule has 0 fully saturated rings. The van der Waals surface area contributed by atoms with Gasteiger partial charge in [-0.3, -0.25) is 4.79 Å². The monoisotopic (exact) mass is 390 g/mol. The zero-order valence-electron chi connectivity index (χ0n) is 14.3. The number of benzene rings is 3. The molecule has 0 saturated carbocycles. The lowest BCUT2D eigenvalue weighted by atomic mass is 10.1. The maximum atomic E-state index is 13.1. The summed E-state index contributed by atoms with van der Waals surface area (Å²) in [5, 5.41) is 12.2. The fourth-order valence-corrected chi connectivity index (χ4v) is 3.08. The van der Waals surface area contributed by atoms with Gasteiger partial charge in [-0.25, -0.2) is 9.37 Å². The van der Waals surface area contributed by atoms with Crippen molar-refractivity contribution in [3.05, 3.63) is 82.6 Å². The number of carbonyl (C=O) groups is 1. The van der Waals surface area contributed by atoms with Gasteiger partial charge in [-0.15, -0.1) is 0 Å². The van der Waals surface area contributed by atoms with Gasteiger partial charge in [-0.2, -0.15) is 5.26 Å². The molecule has 0 spiro atoms. The van der Waals surface area contributed by atoms with Crippen molar-refractivity contribution >= 4 is 34.2 Å². The number of hydrogen-bond donors (Lipinski definition) is 2. The van der Waals surface area contributed by atoms with Gasteiger partial charge in [0, 0.05) is 16.3 Å². The molecule has 136 valence electrons. The normalized spacial score (nSPS) is 10.6. The summed E-state index contributed by atoms with van der Waals surface area (Å²) in [6.45, 7) is 0. The first kappa shape index (κ1) is 17.7. The number of H-pyrrole nitrogens is 1. The first-order chi connectivity index (χ1) is 13.5. The van der Waals surface area contributed by atoms with Gasteiger partial charge in [-0.05, 0) is 48.5 Å². The molecule has 1 aromatic heterocycles. The van der Waals surface area contributed by atoms with E-state index in [-0.39, 0.29) is 11.4 Å². The third kappa shape index (κ3) is 3.43. The second-order valence-corrected chi connectivity index (χ2v) is 6.52. The summed E-state index contributed by atoms with van der Waals surface area (Å²) in [7, 11) is 0. The number of amides is 1. The van der Waals surface area contributed by atoms with Crippen LogP contribution in [0.1, 0.15) is 15.9 Å². The number of halogens is 2. The first-order valence-corrected chi connectivity index (χ1v) is 8.68. The Morgan fingerprint density at radius 1 is 1.14 bits per heavy atom. The number of carbonyl (C=O) groups excluding carboxylic acids is 1. The standard InChI is InChI=1S/C21H12ClFN4O/c22-14-9-17(21(28)25-16-6-4-15(23)5-7-16)19-18(10-14)26-20(27-19)13-3-1-2-12(8-13)11-24/h1-10H,(H,25,28)(H,26,27). The Bertz CT molecular complexity index is 1240. The van der Waals surface area contributed by atoms with Crippen LogP contribution in [0.25, 0.3) is 22.4 Å². The molecule has 1 heterocycles. The van der Waals surface area contributed by atoms with E-state index in [1.54, 1.807) is 24.3 Å². The molecule has 0 radical (unpaired) electrons. The Balaban J connectivity index is 1.76. The molecule has 3 aromatic carbocycles. The van der Waals surface area contributed by atoms with Gasteiger partial charge in [0.1, 0.15) is 17.2 Å². The van der Waals surface area contributed by atoms with Crippen LogP contribution < -0.4 is 5.32 Å². The average Bonchev–Trinajstić information content (AvgIpc) is 3.13. The van der Waals surface area contributed by atoms with Crippen LogP contribution in [-0.2, 0) is 0 Å². The summed E-state index contributed by atoms with van der Waals surface area (Å²) in [5.74, 6) is -0.284. The number of nitrogens with one attached hydrogen (secondary N) is 2. The van der Waals surface area contributed by atoms with Gasteiger partial charge >= 0.3 is 0 Å². The van der Waals surface area contributed by atoms with Crippen LogP contribution >= 0.6 is 11.6 Å². The van der Waals surface area contributed by atoms with Crippen LogP contribution in [0.15, 0.2) is 60.7 Å². The molecule has 28 heavy (non-hydrogen) atoms. The van der Waals surface area contributed by atoms with Crippen molar-refractivity contribution in [3.8, 4) is 17.5 Å². The summed E-state index contributed by atoms with van der Waals surface area (Å²) in [6, 6.07) is 17.7. The molecule has 2 N–H and O–H groups in total. The van der Waals surface area contributed by atoms with E-state index in [9.17, 15) is 9.18 Å². The van der Waals surface area contributed by atoms with Crippen LogP contribution in [0.4, 0.5) is 10.1 Å². The average molecular weight is 391 g/mol. The van der Waals surface area contributed by atoms with Gasteiger partial charge in [0.25, 0.3) is 5.91 Å².